The molecule has 1 aromatic rings. The van der Waals surface area contributed by atoms with Crippen LogP contribution in [0.4, 0.5) is 5.82 Å². The molecule has 0 unspecified atom stereocenters. The van der Waals surface area contributed by atoms with Crippen molar-refractivity contribution in [3.05, 3.63) is 22.4 Å². The molecule has 1 aliphatic carbocycles. The number of carbonyl (C=O) groups excluding carboxylic acids is 1. The Balaban J connectivity index is 1.97. The van der Waals surface area contributed by atoms with E-state index >= 15 is 0 Å². The minimum atomic E-state index is -0.578. The van der Waals surface area contributed by atoms with E-state index in [1.165, 1.54) is 16.9 Å². The molecule has 7 nitrogen and oxygen atoms in total. The molecule has 1 saturated carbocycles. The van der Waals surface area contributed by atoms with Crippen molar-refractivity contribution in [3.63, 3.8) is 0 Å². The van der Waals surface area contributed by atoms with Crippen molar-refractivity contribution in [1.29, 1.82) is 0 Å². The number of nitrogens with zero attached hydrogens (tertiary/aromatic N) is 4. The highest BCUT2D eigenvalue weighted by Gasteiger charge is 2.30. The molecular formula is C9H12N4O3. The van der Waals surface area contributed by atoms with Gasteiger partial charge in [0.1, 0.15) is 6.54 Å². The molecule has 1 fully saturated rings. The first-order valence-electron chi connectivity index (χ1n) is 5.01. The number of aromatic nitrogens is 2. The van der Waals surface area contributed by atoms with Crippen LogP contribution in [0.3, 0.4) is 0 Å². The molecule has 7 heteroatoms. The van der Waals surface area contributed by atoms with Gasteiger partial charge in [0.2, 0.25) is 5.91 Å². The van der Waals surface area contributed by atoms with Gasteiger partial charge in [0.25, 0.3) is 0 Å². The number of amides is 1. The zero-order valence-corrected chi connectivity index (χ0v) is 8.87. The van der Waals surface area contributed by atoms with Gasteiger partial charge in [-0.25, -0.2) is 0 Å². The van der Waals surface area contributed by atoms with Crippen molar-refractivity contribution < 1.29 is 9.72 Å². The summed E-state index contributed by atoms with van der Waals surface area (Å²) in [5, 5.41) is 14.1. The van der Waals surface area contributed by atoms with E-state index in [4.69, 9.17) is 0 Å². The summed E-state index contributed by atoms with van der Waals surface area (Å²) in [5.74, 6) is -0.303. The van der Waals surface area contributed by atoms with E-state index in [9.17, 15) is 14.9 Å². The van der Waals surface area contributed by atoms with Crippen molar-refractivity contribution in [1.82, 2.24) is 14.7 Å². The maximum absolute atomic E-state index is 11.7. The van der Waals surface area contributed by atoms with Crippen molar-refractivity contribution >= 4 is 11.7 Å². The molecule has 0 bridgehead atoms. The minimum Gasteiger partial charge on any atom is -0.358 e. The third-order valence-corrected chi connectivity index (χ3v) is 2.60. The van der Waals surface area contributed by atoms with Gasteiger partial charge in [-0.15, -0.1) is 0 Å². The van der Waals surface area contributed by atoms with Gasteiger partial charge in [-0.2, -0.15) is 4.68 Å². The first-order valence-corrected chi connectivity index (χ1v) is 5.01. The Bertz CT molecular complexity index is 424. The number of carbonyl (C=O) groups is 1. The number of rotatable bonds is 4. The third-order valence-electron chi connectivity index (χ3n) is 2.60. The van der Waals surface area contributed by atoms with Crippen LogP contribution >= 0.6 is 0 Å². The van der Waals surface area contributed by atoms with E-state index in [2.05, 4.69) is 5.10 Å². The summed E-state index contributed by atoms with van der Waals surface area (Å²) in [4.78, 5) is 23.2. The molecule has 1 aromatic heterocycles. The number of hydrogen-bond donors (Lipinski definition) is 0. The molecule has 0 radical (unpaired) electrons. The fraction of sp³-hybridized carbons (Fsp3) is 0.556. The quantitative estimate of drug-likeness (QED) is 0.548. The van der Waals surface area contributed by atoms with E-state index in [0.29, 0.717) is 6.04 Å². The molecule has 0 saturated heterocycles. The number of hydrogen-bond acceptors (Lipinski definition) is 4. The smallest absolute Gasteiger partial charge is 0.358 e. The van der Waals surface area contributed by atoms with E-state index in [1.54, 1.807) is 11.9 Å². The van der Waals surface area contributed by atoms with Crippen molar-refractivity contribution in [2.24, 2.45) is 0 Å². The lowest BCUT2D eigenvalue weighted by Crippen LogP contribution is -2.32. The van der Waals surface area contributed by atoms with Crippen LogP contribution in [0.2, 0.25) is 0 Å². The molecular weight excluding hydrogens is 212 g/mol. The first kappa shape index (κ1) is 10.6. The van der Waals surface area contributed by atoms with E-state index < -0.39 is 4.92 Å². The fourth-order valence-electron chi connectivity index (χ4n) is 1.45. The Morgan fingerprint density at radius 3 is 2.94 bits per heavy atom. The third kappa shape index (κ3) is 2.18. The Labute approximate surface area is 91.8 Å². The second kappa shape index (κ2) is 3.92. The average molecular weight is 224 g/mol. The maximum atomic E-state index is 11.7. The lowest BCUT2D eigenvalue weighted by molar-refractivity contribution is -0.389. The van der Waals surface area contributed by atoms with Crippen LogP contribution in [-0.4, -0.2) is 38.6 Å². The van der Waals surface area contributed by atoms with Gasteiger partial charge < -0.3 is 15.0 Å². The van der Waals surface area contributed by atoms with Crippen LogP contribution in [0.1, 0.15) is 12.8 Å². The van der Waals surface area contributed by atoms with Crippen molar-refractivity contribution in [2.45, 2.75) is 25.4 Å². The van der Waals surface area contributed by atoms with Crippen LogP contribution in [0.25, 0.3) is 0 Å². The Hall–Kier alpha value is -1.92. The second-order valence-electron chi connectivity index (χ2n) is 3.86. The second-order valence-corrected chi connectivity index (χ2v) is 3.86. The molecule has 1 aliphatic rings. The van der Waals surface area contributed by atoms with E-state index in [-0.39, 0.29) is 18.3 Å². The number of nitro groups is 1. The Kier molecular flexibility index (Phi) is 2.59. The minimum absolute atomic E-state index is 0.0564. The summed E-state index contributed by atoms with van der Waals surface area (Å²) in [7, 11) is 1.75. The van der Waals surface area contributed by atoms with E-state index in [1.807, 2.05) is 0 Å². The van der Waals surface area contributed by atoms with Gasteiger partial charge in [0.05, 0.1) is 17.4 Å². The SMILES string of the molecule is CN(C(=O)Cn1ccc([N+](=O)[O-])n1)C1CC1. The van der Waals surface area contributed by atoms with Crippen molar-refractivity contribution in [2.75, 3.05) is 7.05 Å². The standard InChI is InChI=1S/C9H12N4O3/c1-11(7-2-3-7)9(14)6-12-5-4-8(10-12)13(15)16/h4-5,7H,2-3,6H2,1H3. The normalized spacial score (nSPS) is 14.8. The zero-order chi connectivity index (χ0) is 11.7. The summed E-state index contributed by atoms with van der Waals surface area (Å²) in [6, 6.07) is 1.63. The average Bonchev–Trinajstić information content (AvgIpc) is 2.97. The summed E-state index contributed by atoms with van der Waals surface area (Å²) in [6.07, 6.45) is 3.53. The molecule has 86 valence electrons. The van der Waals surface area contributed by atoms with Gasteiger partial charge in [-0.3, -0.25) is 4.79 Å². The van der Waals surface area contributed by atoms with E-state index in [0.717, 1.165) is 12.8 Å². The van der Waals surface area contributed by atoms with Crippen LogP contribution in [0, 0.1) is 10.1 Å². The first-order chi connectivity index (χ1) is 7.58. The predicted molar refractivity (Wildman–Crippen MR) is 54.7 cm³/mol. The van der Waals surface area contributed by atoms with Gasteiger partial charge in [0, 0.05) is 13.1 Å². The Morgan fingerprint density at radius 1 is 1.75 bits per heavy atom. The highest BCUT2D eigenvalue weighted by molar-refractivity contribution is 5.76. The molecule has 1 amide bonds. The lowest BCUT2D eigenvalue weighted by atomic mass is 10.5. The Morgan fingerprint density at radius 2 is 2.44 bits per heavy atom. The highest BCUT2D eigenvalue weighted by Crippen LogP contribution is 2.25. The molecule has 0 aromatic carbocycles. The van der Waals surface area contributed by atoms with Crippen LogP contribution < -0.4 is 0 Å². The molecule has 2 rings (SSSR count). The molecule has 0 aliphatic heterocycles. The molecule has 16 heavy (non-hydrogen) atoms. The lowest BCUT2D eigenvalue weighted by Gasteiger charge is -2.14. The molecule has 1 heterocycles. The topological polar surface area (TPSA) is 81.3 Å². The largest absolute Gasteiger partial charge is 0.389 e. The van der Waals surface area contributed by atoms with Gasteiger partial charge in [-0.1, -0.05) is 0 Å². The van der Waals surface area contributed by atoms with Gasteiger partial charge >= 0.3 is 5.82 Å². The van der Waals surface area contributed by atoms with Crippen LogP contribution in [0.5, 0.6) is 0 Å². The summed E-state index contributed by atoms with van der Waals surface area (Å²) >= 11 is 0. The number of likely N-dealkylation sites (N-methyl/N-ethyl adjacent to an activating group) is 1. The summed E-state index contributed by atoms with van der Waals surface area (Å²) in [6.45, 7) is 0.0564. The summed E-state index contributed by atoms with van der Waals surface area (Å²) < 4.78 is 1.29. The molecule has 0 atom stereocenters. The maximum Gasteiger partial charge on any atom is 0.389 e. The fourth-order valence-corrected chi connectivity index (χ4v) is 1.45. The van der Waals surface area contributed by atoms with Crippen LogP contribution in [-0.2, 0) is 11.3 Å². The molecule has 0 N–H and O–H groups in total. The highest BCUT2D eigenvalue weighted by atomic mass is 16.6. The summed E-state index contributed by atoms with van der Waals surface area (Å²) in [5.41, 5.74) is 0. The monoisotopic (exact) mass is 224 g/mol. The molecule has 0 spiro atoms. The van der Waals surface area contributed by atoms with Gasteiger partial charge in [-0.05, 0) is 17.8 Å². The van der Waals surface area contributed by atoms with Gasteiger partial charge in [0.15, 0.2) is 0 Å². The zero-order valence-electron chi connectivity index (χ0n) is 8.87. The predicted octanol–water partition coefficient (Wildman–Crippen LogP) is 0.412. The van der Waals surface area contributed by atoms with Crippen molar-refractivity contribution in [3.8, 4) is 0 Å². The van der Waals surface area contributed by atoms with Crippen LogP contribution in [0.15, 0.2) is 12.3 Å².